The van der Waals surface area contributed by atoms with Crippen molar-refractivity contribution in [1.29, 1.82) is 0 Å². The number of aryl methyl sites for hydroxylation is 1. The van der Waals surface area contributed by atoms with Gasteiger partial charge in [-0.05, 0) is 42.5 Å². The van der Waals surface area contributed by atoms with Crippen LogP contribution in [0.5, 0.6) is 10.9 Å². The molecule has 32 heavy (non-hydrogen) atoms. The number of rotatable bonds is 7. The van der Waals surface area contributed by atoms with Gasteiger partial charge < -0.3 is 9.47 Å². The Morgan fingerprint density at radius 1 is 1.12 bits per heavy atom. The Kier molecular flexibility index (Phi) is 6.31. The van der Waals surface area contributed by atoms with Crippen molar-refractivity contribution in [3.05, 3.63) is 77.6 Å². The molecule has 0 aliphatic heterocycles. The minimum atomic E-state index is -0.471. The van der Waals surface area contributed by atoms with Crippen molar-refractivity contribution in [2.75, 3.05) is 12.4 Å². The molecule has 0 bridgehead atoms. The zero-order valence-corrected chi connectivity index (χ0v) is 18.0. The zero-order valence-electron chi connectivity index (χ0n) is 17.2. The fourth-order valence-corrected chi connectivity index (χ4v) is 3.56. The number of pyridine rings is 2. The molecule has 0 atom stereocenters. The lowest BCUT2D eigenvalue weighted by atomic mass is 9.99. The van der Waals surface area contributed by atoms with Gasteiger partial charge in [-0.1, -0.05) is 23.3 Å². The molecule has 4 rings (SSSR count). The van der Waals surface area contributed by atoms with Crippen molar-refractivity contribution < 1.29 is 18.7 Å². The number of methoxy groups -OCH3 is 1. The molecule has 1 N–H and O–H groups in total. The number of ether oxygens (including phenoxy) is 2. The summed E-state index contributed by atoms with van der Waals surface area (Å²) in [5, 5.41) is 10.9. The number of nitrogens with zero attached hydrogens (tertiary/aromatic N) is 4. The summed E-state index contributed by atoms with van der Waals surface area (Å²) < 4.78 is 24.6. The highest BCUT2D eigenvalue weighted by atomic mass is 32.1. The predicted molar refractivity (Wildman–Crippen MR) is 117 cm³/mol. The van der Waals surface area contributed by atoms with Gasteiger partial charge in [0.1, 0.15) is 23.9 Å². The lowest BCUT2D eigenvalue weighted by molar-refractivity contribution is 0.102. The number of para-hydroxylation sites is 1. The van der Waals surface area contributed by atoms with Crippen LogP contribution in [0.25, 0.3) is 11.1 Å². The topological polar surface area (TPSA) is 99.1 Å². The van der Waals surface area contributed by atoms with E-state index in [1.54, 1.807) is 7.11 Å². The van der Waals surface area contributed by atoms with Gasteiger partial charge in [-0.25, -0.2) is 4.39 Å². The van der Waals surface area contributed by atoms with E-state index in [9.17, 15) is 9.18 Å². The van der Waals surface area contributed by atoms with E-state index in [4.69, 9.17) is 9.47 Å². The Morgan fingerprint density at radius 3 is 2.78 bits per heavy atom. The first-order valence-corrected chi connectivity index (χ1v) is 10.3. The first-order valence-electron chi connectivity index (χ1n) is 9.52. The third kappa shape index (κ3) is 4.70. The van der Waals surface area contributed by atoms with Gasteiger partial charge in [0.15, 0.2) is 0 Å². The Labute approximate surface area is 187 Å². The van der Waals surface area contributed by atoms with Gasteiger partial charge in [0.2, 0.25) is 5.13 Å². The summed E-state index contributed by atoms with van der Waals surface area (Å²) in [4.78, 5) is 21.2. The molecule has 0 unspecified atom stereocenters. The summed E-state index contributed by atoms with van der Waals surface area (Å²) in [5.41, 5.74) is 2.72. The number of hydrogen-bond acceptors (Lipinski definition) is 8. The largest absolute Gasteiger partial charge is 0.496 e. The molecule has 1 amide bonds. The molecule has 3 heterocycles. The number of amides is 1. The molecular formula is C22H18FN5O3S. The van der Waals surface area contributed by atoms with Crippen LogP contribution in [0.15, 0.2) is 54.9 Å². The van der Waals surface area contributed by atoms with Crippen molar-refractivity contribution in [3.8, 4) is 22.1 Å². The second-order valence-electron chi connectivity index (χ2n) is 6.62. The third-order valence-corrected chi connectivity index (χ3v) is 5.23. The van der Waals surface area contributed by atoms with E-state index in [0.29, 0.717) is 16.9 Å². The number of carbonyl (C=O) groups is 1. The van der Waals surface area contributed by atoms with E-state index in [2.05, 4.69) is 25.5 Å². The van der Waals surface area contributed by atoms with Crippen LogP contribution in [-0.4, -0.2) is 33.2 Å². The SMILES string of the molecule is COc1ccccc1-c1cc(C)ncc1C(=O)Nc1nnc(OCc2ncccc2F)s1. The number of benzene rings is 1. The molecule has 0 saturated carbocycles. The predicted octanol–water partition coefficient (Wildman–Crippen LogP) is 4.28. The van der Waals surface area contributed by atoms with E-state index in [0.717, 1.165) is 22.6 Å². The Hall–Kier alpha value is -3.92. The summed E-state index contributed by atoms with van der Waals surface area (Å²) in [6, 6.07) is 12.0. The van der Waals surface area contributed by atoms with Gasteiger partial charge in [-0.3, -0.25) is 20.1 Å². The molecule has 0 fully saturated rings. The fraction of sp³-hybridized carbons (Fsp3) is 0.136. The lowest BCUT2D eigenvalue weighted by Gasteiger charge is -2.13. The average Bonchev–Trinajstić information content (AvgIpc) is 3.25. The molecule has 3 aromatic heterocycles. The molecule has 0 aliphatic rings. The lowest BCUT2D eigenvalue weighted by Crippen LogP contribution is -2.14. The third-order valence-electron chi connectivity index (χ3n) is 4.48. The molecule has 162 valence electrons. The summed E-state index contributed by atoms with van der Waals surface area (Å²) in [6.45, 7) is 1.74. The number of aromatic nitrogens is 4. The summed E-state index contributed by atoms with van der Waals surface area (Å²) in [6.07, 6.45) is 2.98. The molecule has 0 radical (unpaired) electrons. The standard InChI is InChI=1S/C22H18FN5O3S/c1-13-10-15(14-6-3-4-8-19(14)30-2)16(11-25-13)20(29)26-21-27-28-22(32-21)31-12-18-17(23)7-5-9-24-18/h3-11H,12H2,1-2H3,(H,26,27,29). The zero-order chi connectivity index (χ0) is 22.5. The monoisotopic (exact) mass is 451 g/mol. The van der Waals surface area contributed by atoms with Gasteiger partial charge in [0.25, 0.3) is 11.1 Å². The maximum atomic E-state index is 13.7. The molecule has 1 aromatic carbocycles. The van der Waals surface area contributed by atoms with Gasteiger partial charge in [-0.15, -0.1) is 5.10 Å². The first-order chi connectivity index (χ1) is 15.5. The number of hydrogen-bond donors (Lipinski definition) is 1. The molecule has 0 aliphatic carbocycles. The van der Waals surface area contributed by atoms with E-state index in [1.807, 2.05) is 37.3 Å². The maximum Gasteiger partial charge on any atom is 0.296 e. The molecule has 4 aromatic rings. The highest BCUT2D eigenvalue weighted by molar-refractivity contribution is 7.17. The summed E-state index contributed by atoms with van der Waals surface area (Å²) >= 11 is 1.02. The van der Waals surface area contributed by atoms with Crippen LogP contribution >= 0.6 is 11.3 Å². The molecule has 8 nitrogen and oxygen atoms in total. The van der Waals surface area contributed by atoms with Crippen molar-refractivity contribution >= 4 is 22.4 Å². The van der Waals surface area contributed by atoms with Crippen molar-refractivity contribution in [1.82, 2.24) is 20.2 Å². The van der Waals surface area contributed by atoms with E-state index < -0.39 is 11.7 Å². The van der Waals surface area contributed by atoms with Crippen LogP contribution in [0.1, 0.15) is 21.7 Å². The number of anilines is 1. The number of carbonyl (C=O) groups excluding carboxylic acids is 1. The van der Waals surface area contributed by atoms with Gasteiger partial charge in [-0.2, -0.15) is 0 Å². The summed E-state index contributed by atoms with van der Waals surface area (Å²) in [7, 11) is 1.58. The average molecular weight is 451 g/mol. The van der Waals surface area contributed by atoms with E-state index >= 15 is 0 Å². The quantitative estimate of drug-likeness (QED) is 0.448. The maximum absolute atomic E-state index is 13.7. The van der Waals surface area contributed by atoms with Crippen LogP contribution in [0.4, 0.5) is 9.52 Å². The van der Waals surface area contributed by atoms with Crippen molar-refractivity contribution in [2.24, 2.45) is 0 Å². The minimum absolute atomic E-state index is 0.102. The smallest absolute Gasteiger partial charge is 0.296 e. The molecule has 0 saturated heterocycles. The first kappa shape index (κ1) is 21.3. The normalized spacial score (nSPS) is 10.6. The van der Waals surface area contributed by atoms with Crippen molar-refractivity contribution in [2.45, 2.75) is 13.5 Å². The van der Waals surface area contributed by atoms with Gasteiger partial charge in [0.05, 0.1) is 12.7 Å². The Balaban J connectivity index is 1.52. The van der Waals surface area contributed by atoms with Crippen LogP contribution < -0.4 is 14.8 Å². The number of halogens is 1. The van der Waals surface area contributed by atoms with Gasteiger partial charge >= 0.3 is 0 Å². The Bertz CT molecular complexity index is 1260. The van der Waals surface area contributed by atoms with Crippen LogP contribution in [0.3, 0.4) is 0 Å². The molecular weight excluding hydrogens is 433 g/mol. The highest BCUT2D eigenvalue weighted by Gasteiger charge is 2.18. The van der Waals surface area contributed by atoms with Crippen LogP contribution in [-0.2, 0) is 6.61 Å². The molecule has 10 heteroatoms. The van der Waals surface area contributed by atoms with E-state index in [-0.39, 0.29) is 22.6 Å². The van der Waals surface area contributed by atoms with Gasteiger partial charge in [0, 0.05) is 29.2 Å². The van der Waals surface area contributed by atoms with E-state index in [1.165, 1.54) is 24.5 Å². The minimum Gasteiger partial charge on any atom is -0.496 e. The second-order valence-corrected chi connectivity index (χ2v) is 7.56. The Morgan fingerprint density at radius 2 is 1.97 bits per heavy atom. The van der Waals surface area contributed by atoms with Crippen LogP contribution in [0, 0.1) is 12.7 Å². The fourth-order valence-electron chi connectivity index (χ4n) is 2.97. The van der Waals surface area contributed by atoms with Crippen molar-refractivity contribution in [3.63, 3.8) is 0 Å². The second kappa shape index (κ2) is 9.48. The highest BCUT2D eigenvalue weighted by Crippen LogP contribution is 2.33. The summed E-state index contributed by atoms with van der Waals surface area (Å²) in [5.74, 6) is -0.237. The van der Waals surface area contributed by atoms with Crippen LogP contribution in [0.2, 0.25) is 0 Å². The molecule has 0 spiro atoms. The number of nitrogens with one attached hydrogen (secondary N) is 1.